The van der Waals surface area contributed by atoms with Gasteiger partial charge >= 0.3 is 0 Å². The lowest BCUT2D eigenvalue weighted by atomic mass is 10.1. The summed E-state index contributed by atoms with van der Waals surface area (Å²) in [5, 5.41) is 3.44. The summed E-state index contributed by atoms with van der Waals surface area (Å²) in [7, 11) is 0. The van der Waals surface area contributed by atoms with Crippen LogP contribution in [0.15, 0.2) is 12.3 Å². The van der Waals surface area contributed by atoms with Gasteiger partial charge in [-0.2, -0.15) is 0 Å². The Labute approximate surface area is 135 Å². The van der Waals surface area contributed by atoms with E-state index < -0.39 is 5.91 Å². The van der Waals surface area contributed by atoms with Crippen molar-refractivity contribution in [3.8, 4) is 0 Å². The lowest BCUT2D eigenvalue weighted by molar-refractivity contribution is -0.121. The fraction of sp³-hybridized carbons (Fsp3) is 0.533. The zero-order valence-electron chi connectivity index (χ0n) is 12.6. The molecule has 6 nitrogen and oxygen atoms in total. The first-order valence-corrected chi connectivity index (χ1v) is 7.88. The van der Waals surface area contributed by atoms with Crippen molar-refractivity contribution in [2.24, 2.45) is 5.73 Å². The number of hydrogen-bond acceptors (Lipinski definition) is 4. The maximum atomic E-state index is 11.7. The summed E-state index contributed by atoms with van der Waals surface area (Å²) in [4.78, 5) is 29.1. The number of rotatable bonds is 5. The maximum absolute atomic E-state index is 11.7. The number of nitrogens with one attached hydrogen (secondary N) is 1. The minimum absolute atomic E-state index is 0.0810. The third-order valence-corrected chi connectivity index (χ3v) is 3.95. The fourth-order valence-electron chi connectivity index (χ4n) is 2.61. The van der Waals surface area contributed by atoms with Crippen molar-refractivity contribution in [2.75, 3.05) is 18.0 Å². The Morgan fingerprint density at radius 3 is 2.95 bits per heavy atom. The topological polar surface area (TPSA) is 88.3 Å². The highest BCUT2D eigenvalue weighted by molar-refractivity contribution is 6.33. The van der Waals surface area contributed by atoms with Gasteiger partial charge in [0.25, 0.3) is 0 Å². The molecule has 0 saturated carbocycles. The minimum Gasteiger partial charge on any atom is -0.366 e. The summed E-state index contributed by atoms with van der Waals surface area (Å²) in [5.74, 6) is 0.155. The van der Waals surface area contributed by atoms with E-state index in [0.29, 0.717) is 29.4 Å². The van der Waals surface area contributed by atoms with Crippen LogP contribution in [-0.4, -0.2) is 35.9 Å². The molecule has 1 aliphatic heterocycles. The van der Waals surface area contributed by atoms with E-state index in [2.05, 4.69) is 10.3 Å². The largest absolute Gasteiger partial charge is 0.366 e. The summed E-state index contributed by atoms with van der Waals surface area (Å²) in [6, 6.07) is 1.63. The summed E-state index contributed by atoms with van der Waals surface area (Å²) in [5.41, 5.74) is 5.51. The van der Waals surface area contributed by atoms with Crippen molar-refractivity contribution < 1.29 is 9.59 Å². The number of carbonyl (C=O) groups is 2. The van der Waals surface area contributed by atoms with Gasteiger partial charge < -0.3 is 16.0 Å². The van der Waals surface area contributed by atoms with Crippen molar-refractivity contribution >= 4 is 29.2 Å². The van der Waals surface area contributed by atoms with Crippen molar-refractivity contribution in [3.63, 3.8) is 0 Å². The molecule has 0 aromatic carbocycles. The maximum Gasteiger partial charge on any atom is 0.250 e. The Kier molecular flexibility index (Phi) is 5.60. The second-order valence-corrected chi connectivity index (χ2v) is 5.90. The Morgan fingerprint density at radius 1 is 1.55 bits per heavy atom. The van der Waals surface area contributed by atoms with Crippen LogP contribution in [0.5, 0.6) is 0 Å². The minimum atomic E-state index is -0.552. The van der Waals surface area contributed by atoms with Crippen LogP contribution in [0.4, 0.5) is 5.82 Å². The molecule has 1 aromatic rings. The zero-order valence-corrected chi connectivity index (χ0v) is 13.4. The molecule has 2 amide bonds. The molecule has 3 N–H and O–H groups in total. The Morgan fingerprint density at radius 2 is 2.32 bits per heavy atom. The fourth-order valence-corrected chi connectivity index (χ4v) is 2.90. The first kappa shape index (κ1) is 16.5. The normalized spacial score (nSPS) is 18.1. The molecule has 0 aliphatic carbocycles. The van der Waals surface area contributed by atoms with E-state index in [9.17, 15) is 9.59 Å². The van der Waals surface area contributed by atoms with Gasteiger partial charge in [-0.05, 0) is 25.3 Å². The number of nitrogens with zero attached hydrogens (tertiary/aromatic N) is 2. The van der Waals surface area contributed by atoms with Crippen LogP contribution < -0.4 is 16.0 Å². The average Bonchev–Trinajstić information content (AvgIpc) is 2.47. The van der Waals surface area contributed by atoms with Gasteiger partial charge in [-0.3, -0.25) is 9.59 Å². The van der Waals surface area contributed by atoms with Crippen LogP contribution in [0.3, 0.4) is 0 Å². The summed E-state index contributed by atoms with van der Waals surface area (Å²) in [6.07, 6.45) is 4.71. The van der Waals surface area contributed by atoms with Crippen LogP contribution in [0.2, 0.25) is 5.02 Å². The van der Waals surface area contributed by atoms with E-state index in [1.54, 1.807) is 0 Å². The van der Waals surface area contributed by atoms with Crippen LogP contribution in [-0.2, 0) is 4.79 Å². The summed E-state index contributed by atoms with van der Waals surface area (Å²) >= 11 is 6.21. The van der Waals surface area contributed by atoms with E-state index >= 15 is 0 Å². The van der Waals surface area contributed by atoms with Crippen LogP contribution in [0.1, 0.15) is 43.0 Å². The van der Waals surface area contributed by atoms with Gasteiger partial charge in [-0.15, -0.1) is 0 Å². The number of nitrogens with two attached hydrogens (primary N) is 1. The smallest absolute Gasteiger partial charge is 0.250 e. The number of halogens is 1. The third kappa shape index (κ3) is 4.10. The lowest BCUT2D eigenvalue weighted by Crippen LogP contribution is -2.48. The SMILES string of the molecule is CCCC(=O)NC1CCCN(c2ncc(C(N)=O)cc2Cl)C1. The van der Waals surface area contributed by atoms with E-state index in [0.717, 1.165) is 25.8 Å². The lowest BCUT2D eigenvalue weighted by Gasteiger charge is -2.34. The van der Waals surface area contributed by atoms with Crippen LogP contribution >= 0.6 is 11.6 Å². The van der Waals surface area contributed by atoms with E-state index in [-0.39, 0.29) is 11.9 Å². The highest BCUT2D eigenvalue weighted by Gasteiger charge is 2.23. The molecule has 1 unspecified atom stereocenters. The van der Waals surface area contributed by atoms with E-state index in [1.165, 1.54) is 12.3 Å². The van der Waals surface area contributed by atoms with Crippen molar-refractivity contribution in [1.82, 2.24) is 10.3 Å². The van der Waals surface area contributed by atoms with E-state index in [4.69, 9.17) is 17.3 Å². The van der Waals surface area contributed by atoms with Gasteiger partial charge in [0.1, 0.15) is 5.82 Å². The molecule has 120 valence electrons. The molecule has 1 saturated heterocycles. The van der Waals surface area contributed by atoms with Crippen molar-refractivity contribution in [1.29, 1.82) is 0 Å². The molecule has 0 spiro atoms. The molecule has 0 bridgehead atoms. The number of aromatic nitrogens is 1. The predicted molar refractivity (Wildman–Crippen MR) is 86.1 cm³/mol. The van der Waals surface area contributed by atoms with Gasteiger partial charge in [0, 0.05) is 31.7 Å². The highest BCUT2D eigenvalue weighted by atomic mass is 35.5. The number of amides is 2. The van der Waals surface area contributed by atoms with Gasteiger partial charge in [-0.25, -0.2) is 4.98 Å². The summed E-state index contributed by atoms with van der Waals surface area (Å²) < 4.78 is 0. The predicted octanol–water partition coefficient (Wildman–Crippen LogP) is 1.72. The second kappa shape index (κ2) is 7.45. The molecular formula is C15H21ClN4O2. The molecule has 2 rings (SSSR count). The molecule has 1 atom stereocenters. The number of anilines is 1. The van der Waals surface area contributed by atoms with Gasteiger partial charge in [0.15, 0.2) is 0 Å². The number of piperidine rings is 1. The third-order valence-electron chi connectivity index (χ3n) is 3.67. The molecule has 7 heteroatoms. The van der Waals surface area contributed by atoms with Gasteiger partial charge in [0.05, 0.1) is 10.6 Å². The Bertz CT molecular complexity index is 564. The molecule has 0 radical (unpaired) electrons. The average molecular weight is 325 g/mol. The summed E-state index contributed by atoms with van der Waals surface area (Å²) in [6.45, 7) is 3.47. The van der Waals surface area contributed by atoms with E-state index in [1.807, 2.05) is 11.8 Å². The first-order valence-electron chi connectivity index (χ1n) is 7.51. The number of hydrogen-bond donors (Lipinski definition) is 2. The van der Waals surface area contributed by atoms with Crippen molar-refractivity contribution in [3.05, 3.63) is 22.8 Å². The highest BCUT2D eigenvalue weighted by Crippen LogP contribution is 2.26. The monoisotopic (exact) mass is 324 g/mol. The molecule has 22 heavy (non-hydrogen) atoms. The molecule has 2 heterocycles. The first-order chi connectivity index (χ1) is 10.5. The van der Waals surface area contributed by atoms with Crippen LogP contribution in [0, 0.1) is 0 Å². The van der Waals surface area contributed by atoms with Crippen molar-refractivity contribution in [2.45, 2.75) is 38.6 Å². The quantitative estimate of drug-likeness (QED) is 0.863. The molecular weight excluding hydrogens is 304 g/mol. The Hall–Kier alpha value is -1.82. The molecule has 1 aromatic heterocycles. The van der Waals surface area contributed by atoms with Gasteiger partial charge in [-0.1, -0.05) is 18.5 Å². The second-order valence-electron chi connectivity index (χ2n) is 5.50. The number of carbonyl (C=O) groups excluding carboxylic acids is 2. The zero-order chi connectivity index (χ0) is 16.1. The standard InChI is InChI=1S/C15H21ClN4O2/c1-2-4-13(21)19-11-5-3-6-20(9-11)15-12(16)7-10(8-18-15)14(17)22/h7-8,11H,2-6,9H2,1H3,(H2,17,22)(H,19,21). The molecule has 1 aliphatic rings. The van der Waals surface area contributed by atoms with Gasteiger partial charge in [0.2, 0.25) is 11.8 Å². The molecule has 1 fully saturated rings. The number of pyridine rings is 1. The Balaban J connectivity index is 2.06. The number of primary amides is 1. The van der Waals surface area contributed by atoms with Crippen LogP contribution in [0.25, 0.3) is 0 Å².